The van der Waals surface area contributed by atoms with E-state index in [1.54, 1.807) is 0 Å². The molecular formula is C22H16F3NO6S. The number of carbonyl (C=O) groups excluding carboxylic acids is 2. The van der Waals surface area contributed by atoms with Gasteiger partial charge in [-0.3, -0.25) is 14.9 Å². The van der Waals surface area contributed by atoms with Gasteiger partial charge in [0.15, 0.2) is 0 Å². The van der Waals surface area contributed by atoms with Gasteiger partial charge in [-0.2, -0.15) is 0 Å². The third-order valence-corrected chi connectivity index (χ3v) is 5.91. The molecule has 0 atom stereocenters. The summed E-state index contributed by atoms with van der Waals surface area (Å²) in [6.07, 6.45) is -3.66. The molecule has 2 amide bonds. The van der Waals surface area contributed by atoms with Gasteiger partial charge < -0.3 is 14.6 Å². The second-order valence-corrected chi connectivity index (χ2v) is 9.05. The summed E-state index contributed by atoms with van der Waals surface area (Å²) in [6, 6.07) is 6.34. The molecule has 0 spiro atoms. The Labute approximate surface area is 189 Å². The molecular weight excluding hydrogens is 463 g/mol. The Morgan fingerprint density at radius 1 is 1.21 bits per heavy atom. The van der Waals surface area contributed by atoms with E-state index in [-0.39, 0.29) is 34.0 Å². The van der Waals surface area contributed by atoms with E-state index >= 15 is 0 Å². The van der Waals surface area contributed by atoms with Gasteiger partial charge in [0.05, 0.1) is 17.1 Å². The van der Waals surface area contributed by atoms with Crippen molar-refractivity contribution in [3.8, 4) is 22.6 Å². The largest absolute Gasteiger partial charge is 0.573 e. The molecule has 2 aromatic carbocycles. The Morgan fingerprint density at radius 2 is 1.94 bits per heavy atom. The Balaban J connectivity index is 1.94. The molecule has 2 heterocycles. The smallest absolute Gasteiger partial charge is 0.492 e. The van der Waals surface area contributed by atoms with Crippen LogP contribution in [0.2, 0.25) is 0 Å². The Bertz CT molecular complexity index is 1240. The zero-order valence-corrected chi connectivity index (χ0v) is 18.0. The lowest BCUT2D eigenvalue weighted by molar-refractivity contribution is -0.274. The minimum atomic E-state index is -5.00. The number of ether oxygens (including phenoxy) is 2. The van der Waals surface area contributed by atoms with Crippen LogP contribution in [-0.2, 0) is 10.2 Å². The molecule has 0 aliphatic carbocycles. The van der Waals surface area contributed by atoms with Crippen LogP contribution in [0, 0.1) is 0 Å². The molecule has 2 N–H and O–H groups in total. The molecule has 0 bridgehead atoms. The number of benzene rings is 2. The summed E-state index contributed by atoms with van der Waals surface area (Å²) < 4.78 is 49.3. The van der Waals surface area contributed by atoms with E-state index in [0.717, 1.165) is 6.07 Å². The lowest BCUT2D eigenvalue weighted by Gasteiger charge is -2.18. The van der Waals surface area contributed by atoms with Crippen LogP contribution < -0.4 is 14.8 Å². The second kappa shape index (κ2) is 7.84. The highest BCUT2D eigenvalue weighted by Gasteiger charge is 2.37. The molecule has 1 saturated heterocycles. The quantitative estimate of drug-likeness (QED) is 0.599. The van der Waals surface area contributed by atoms with E-state index in [2.05, 4.69) is 10.1 Å². The molecule has 11 heteroatoms. The maximum absolute atomic E-state index is 13.1. The number of carbonyl (C=O) groups is 3. The third kappa shape index (κ3) is 4.54. The average molecular weight is 479 g/mol. The number of nitrogens with one attached hydrogen (secondary N) is 1. The van der Waals surface area contributed by atoms with Gasteiger partial charge >= 0.3 is 12.3 Å². The van der Waals surface area contributed by atoms with Crippen molar-refractivity contribution in [1.29, 1.82) is 0 Å². The van der Waals surface area contributed by atoms with Crippen LogP contribution in [-0.4, -0.2) is 35.2 Å². The summed E-state index contributed by atoms with van der Waals surface area (Å²) in [7, 11) is 0. The van der Waals surface area contributed by atoms with Crippen molar-refractivity contribution in [2.75, 3.05) is 6.61 Å². The number of fused-ring (bicyclic) bond motifs is 1. The topological polar surface area (TPSA) is 102 Å². The van der Waals surface area contributed by atoms with Crippen molar-refractivity contribution in [3.63, 3.8) is 0 Å². The van der Waals surface area contributed by atoms with Crippen LogP contribution in [0.3, 0.4) is 0 Å². The van der Waals surface area contributed by atoms with Crippen molar-refractivity contribution in [3.05, 3.63) is 51.9 Å². The molecule has 0 aromatic heterocycles. The summed E-state index contributed by atoms with van der Waals surface area (Å²) in [6.45, 7) is 3.86. The van der Waals surface area contributed by atoms with Crippen molar-refractivity contribution >= 4 is 35.0 Å². The van der Waals surface area contributed by atoms with Gasteiger partial charge in [-0.25, -0.2) is 4.79 Å². The molecule has 2 aliphatic rings. The van der Waals surface area contributed by atoms with Crippen LogP contribution in [0.1, 0.15) is 35.3 Å². The van der Waals surface area contributed by atoms with E-state index in [1.165, 1.54) is 30.3 Å². The maximum Gasteiger partial charge on any atom is 0.573 e. The molecule has 2 aliphatic heterocycles. The summed E-state index contributed by atoms with van der Waals surface area (Å²) in [5.74, 6) is -2.19. The van der Waals surface area contributed by atoms with E-state index in [4.69, 9.17) is 4.74 Å². The number of rotatable bonds is 4. The van der Waals surface area contributed by atoms with Gasteiger partial charge in [0.2, 0.25) is 0 Å². The Kier molecular flexibility index (Phi) is 5.39. The van der Waals surface area contributed by atoms with E-state index in [1.807, 2.05) is 13.8 Å². The molecule has 0 saturated carbocycles. The number of amides is 2. The standard InChI is InChI=1S/C22H16F3NO6S/c1-21(2)9-31-17-13(7-11(19(28)29)8-14(17)21)12-5-10(3-4-15(12)32-22(23,24)25)6-16-18(27)26-20(30)33-16/h3-8H,9H2,1-2H3,(H,28,29)(H,26,27,30). The molecule has 2 aromatic rings. The molecule has 0 radical (unpaired) electrons. The molecule has 33 heavy (non-hydrogen) atoms. The number of aromatic carboxylic acids is 1. The summed E-state index contributed by atoms with van der Waals surface area (Å²) in [5.41, 5.74) is 0.177. The van der Waals surface area contributed by atoms with Crippen molar-refractivity contribution in [2.45, 2.75) is 25.6 Å². The summed E-state index contributed by atoms with van der Waals surface area (Å²) in [4.78, 5) is 35.1. The van der Waals surface area contributed by atoms with Gasteiger partial charge in [-0.1, -0.05) is 19.9 Å². The van der Waals surface area contributed by atoms with Crippen molar-refractivity contribution < 1.29 is 42.1 Å². The van der Waals surface area contributed by atoms with Crippen molar-refractivity contribution in [1.82, 2.24) is 5.32 Å². The van der Waals surface area contributed by atoms with Crippen LogP contribution in [0.25, 0.3) is 17.2 Å². The van der Waals surface area contributed by atoms with E-state index < -0.39 is 34.6 Å². The van der Waals surface area contributed by atoms with Gasteiger partial charge in [0.25, 0.3) is 11.1 Å². The Hall–Kier alpha value is -3.47. The molecule has 7 nitrogen and oxygen atoms in total. The van der Waals surface area contributed by atoms with Crippen molar-refractivity contribution in [2.24, 2.45) is 0 Å². The van der Waals surface area contributed by atoms with E-state index in [0.29, 0.717) is 22.9 Å². The van der Waals surface area contributed by atoms with Gasteiger partial charge in [0, 0.05) is 22.1 Å². The number of carboxylic acids is 1. The first-order chi connectivity index (χ1) is 15.3. The Morgan fingerprint density at radius 3 is 2.55 bits per heavy atom. The first kappa shape index (κ1) is 22.7. The van der Waals surface area contributed by atoms with Gasteiger partial charge in [-0.05, 0) is 47.7 Å². The fraction of sp³-hybridized carbons (Fsp3) is 0.227. The predicted molar refractivity (Wildman–Crippen MR) is 113 cm³/mol. The fourth-order valence-electron chi connectivity index (χ4n) is 3.57. The highest BCUT2D eigenvalue weighted by molar-refractivity contribution is 8.18. The average Bonchev–Trinajstić information content (AvgIpc) is 3.18. The molecule has 172 valence electrons. The second-order valence-electron chi connectivity index (χ2n) is 8.03. The zero-order valence-electron chi connectivity index (χ0n) is 17.2. The normalized spacial score (nSPS) is 18.2. The van der Waals surface area contributed by atoms with Gasteiger partial charge in [0.1, 0.15) is 11.5 Å². The third-order valence-electron chi connectivity index (χ3n) is 5.10. The molecule has 0 unspecified atom stereocenters. The number of hydrogen-bond acceptors (Lipinski definition) is 6. The monoisotopic (exact) mass is 479 g/mol. The number of hydrogen-bond donors (Lipinski definition) is 2. The highest BCUT2D eigenvalue weighted by atomic mass is 32.2. The lowest BCUT2D eigenvalue weighted by atomic mass is 9.84. The number of halogens is 3. The minimum absolute atomic E-state index is 0.0670. The highest BCUT2D eigenvalue weighted by Crippen LogP contribution is 2.48. The first-order valence-corrected chi connectivity index (χ1v) is 10.4. The van der Waals surface area contributed by atoms with Crippen LogP contribution >= 0.6 is 11.8 Å². The molecule has 4 rings (SSSR count). The molecule has 1 fully saturated rings. The van der Waals surface area contributed by atoms with Crippen LogP contribution in [0.4, 0.5) is 18.0 Å². The van der Waals surface area contributed by atoms with Gasteiger partial charge in [-0.15, -0.1) is 13.2 Å². The van der Waals surface area contributed by atoms with Crippen LogP contribution in [0.15, 0.2) is 35.2 Å². The SMILES string of the molecule is CC1(C)COc2c(-c3cc(C=C4SC(=O)NC4=O)ccc3OC(F)(F)F)cc(C(=O)O)cc21. The fourth-order valence-corrected chi connectivity index (χ4v) is 4.26. The summed E-state index contributed by atoms with van der Waals surface area (Å²) in [5, 5.41) is 11.1. The van der Waals surface area contributed by atoms with Crippen LogP contribution in [0.5, 0.6) is 11.5 Å². The predicted octanol–water partition coefficient (Wildman–Crippen LogP) is 4.94. The number of imide groups is 1. The summed E-state index contributed by atoms with van der Waals surface area (Å²) >= 11 is 0.658. The van der Waals surface area contributed by atoms with E-state index in [9.17, 15) is 32.7 Å². The number of thioether (sulfide) groups is 1. The minimum Gasteiger partial charge on any atom is -0.492 e. The zero-order chi connectivity index (χ0) is 24.1. The number of carboxylic acid groups (broad SMARTS) is 1. The lowest BCUT2D eigenvalue weighted by Crippen LogP contribution is -2.18. The first-order valence-electron chi connectivity index (χ1n) is 9.54. The maximum atomic E-state index is 13.1. The number of alkyl halides is 3.